The van der Waals surface area contributed by atoms with Crippen molar-refractivity contribution in [2.24, 2.45) is 13.0 Å². The zero-order valence-electron chi connectivity index (χ0n) is 15.0. The van der Waals surface area contributed by atoms with E-state index in [4.69, 9.17) is 0 Å². The van der Waals surface area contributed by atoms with Crippen LogP contribution in [-0.2, 0) is 7.05 Å². The van der Waals surface area contributed by atoms with E-state index in [9.17, 15) is 13.6 Å². The van der Waals surface area contributed by atoms with E-state index in [1.165, 1.54) is 16.9 Å². The number of hydrogen-bond acceptors (Lipinski definition) is 5. The summed E-state index contributed by atoms with van der Waals surface area (Å²) in [7, 11) is 1.75. The minimum atomic E-state index is -2.70. The van der Waals surface area contributed by atoms with Gasteiger partial charge in [0, 0.05) is 32.3 Å². The highest BCUT2D eigenvalue weighted by Gasteiger charge is 2.33. The van der Waals surface area contributed by atoms with Gasteiger partial charge in [0.05, 0.1) is 5.69 Å². The molecule has 3 aromatic heterocycles. The number of piperidine rings is 1. The van der Waals surface area contributed by atoms with Gasteiger partial charge in [-0.2, -0.15) is 15.2 Å². The molecule has 0 radical (unpaired) electrons. The van der Waals surface area contributed by atoms with Gasteiger partial charge in [-0.15, -0.1) is 0 Å². The number of carbonyl (C=O) groups excluding carboxylic acids is 1. The fourth-order valence-electron chi connectivity index (χ4n) is 3.56. The Labute approximate surface area is 153 Å². The maximum atomic E-state index is 13.3. The second kappa shape index (κ2) is 6.67. The maximum Gasteiger partial charge on any atom is 0.280 e. The monoisotopic (exact) mass is 375 g/mol. The van der Waals surface area contributed by atoms with Crippen molar-refractivity contribution in [2.45, 2.75) is 25.7 Å². The second-order valence-electron chi connectivity index (χ2n) is 6.88. The number of nitrogens with zero attached hydrogens (tertiary/aromatic N) is 7. The third-order valence-corrected chi connectivity index (χ3v) is 5.08. The van der Waals surface area contributed by atoms with E-state index in [1.807, 2.05) is 0 Å². The smallest absolute Gasteiger partial charge is 0.280 e. The van der Waals surface area contributed by atoms with Gasteiger partial charge in [-0.25, -0.2) is 18.3 Å². The largest absolute Gasteiger partial charge is 0.337 e. The zero-order chi connectivity index (χ0) is 19.1. The van der Waals surface area contributed by atoms with Crippen molar-refractivity contribution < 1.29 is 13.6 Å². The predicted molar refractivity (Wildman–Crippen MR) is 91.4 cm³/mol. The van der Waals surface area contributed by atoms with Crippen molar-refractivity contribution in [3.05, 3.63) is 41.7 Å². The van der Waals surface area contributed by atoms with E-state index < -0.39 is 6.43 Å². The Balaban J connectivity index is 1.69. The van der Waals surface area contributed by atoms with Crippen molar-refractivity contribution in [3.63, 3.8) is 0 Å². The molecular weight excluding hydrogens is 356 g/mol. The van der Waals surface area contributed by atoms with Gasteiger partial charge in [0.25, 0.3) is 18.1 Å². The van der Waals surface area contributed by atoms with Crippen LogP contribution in [0.5, 0.6) is 0 Å². The van der Waals surface area contributed by atoms with Crippen LogP contribution in [-0.4, -0.2) is 53.3 Å². The summed E-state index contributed by atoms with van der Waals surface area (Å²) < 4.78 is 29.6. The average molecular weight is 375 g/mol. The molecule has 0 saturated carbocycles. The molecular formula is C17H19F2N7O. The standard InChI is InChI=1S/C17H19F2N7O/c1-10-3-6-25(16(27)12-4-5-24(2)23-12)8-11(10)14-7-13(15(18)19)22-17-20-9-21-26(14)17/h4-5,7,9-11,15H,3,6,8H2,1-2H3/t10-,11-/m1/s1. The van der Waals surface area contributed by atoms with Gasteiger partial charge in [-0.05, 0) is 24.5 Å². The van der Waals surface area contributed by atoms with Crippen LogP contribution < -0.4 is 0 Å². The van der Waals surface area contributed by atoms with Crippen molar-refractivity contribution in [2.75, 3.05) is 13.1 Å². The number of rotatable bonds is 3. The lowest BCUT2D eigenvalue weighted by molar-refractivity contribution is 0.0658. The average Bonchev–Trinajstić information content (AvgIpc) is 3.29. The highest BCUT2D eigenvalue weighted by atomic mass is 19.3. The molecule has 4 heterocycles. The first-order chi connectivity index (χ1) is 12.9. The molecule has 0 N–H and O–H groups in total. The molecule has 1 aliphatic heterocycles. The Bertz CT molecular complexity index is 983. The summed E-state index contributed by atoms with van der Waals surface area (Å²) >= 11 is 0. The number of alkyl halides is 2. The van der Waals surface area contributed by atoms with Crippen LogP contribution in [0, 0.1) is 5.92 Å². The maximum absolute atomic E-state index is 13.3. The van der Waals surface area contributed by atoms with E-state index in [0.717, 1.165) is 6.42 Å². The van der Waals surface area contributed by atoms with Crippen LogP contribution in [0.2, 0.25) is 0 Å². The van der Waals surface area contributed by atoms with Gasteiger partial charge in [0.1, 0.15) is 17.7 Å². The molecule has 0 unspecified atom stereocenters. The summed E-state index contributed by atoms with van der Waals surface area (Å²) in [5.41, 5.74) is 0.643. The molecule has 10 heteroatoms. The van der Waals surface area contributed by atoms with Crippen LogP contribution in [0.3, 0.4) is 0 Å². The van der Waals surface area contributed by atoms with Crippen molar-refractivity contribution in [3.8, 4) is 0 Å². The normalized spacial score (nSPS) is 20.6. The molecule has 8 nitrogen and oxygen atoms in total. The Morgan fingerprint density at radius 2 is 2.19 bits per heavy atom. The molecule has 142 valence electrons. The third-order valence-electron chi connectivity index (χ3n) is 5.08. The van der Waals surface area contributed by atoms with Crippen LogP contribution >= 0.6 is 0 Å². The van der Waals surface area contributed by atoms with Gasteiger partial charge in [-0.3, -0.25) is 9.48 Å². The van der Waals surface area contributed by atoms with E-state index in [1.54, 1.807) is 28.9 Å². The fourth-order valence-corrected chi connectivity index (χ4v) is 3.56. The lowest BCUT2D eigenvalue weighted by Crippen LogP contribution is -2.43. The quantitative estimate of drug-likeness (QED) is 0.700. The number of amides is 1. The zero-order valence-corrected chi connectivity index (χ0v) is 15.0. The predicted octanol–water partition coefficient (Wildman–Crippen LogP) is 2.06. The first kappa shape index (κ1) is 17.5. The first-order valence-corrected chi connectivity index (χ1v) is 8.71. The van der Waals surface area contributed by atoms with E-state index in [2.05, 4.69) is 27.1 Å². The van der Waals surface area contributed by atoms with Gasteiger partial charge in [0.15, 0.2) is 0 Å². The topological polar surface area (TPSA) is 81.2 Å². The molecule has 2 atom stereocenters. The summed E-state index contributed by atoms with van der Waals surface area (Å²) in [6.45, 7) is 3.05. The minimum absolute atomic E-state index is 0.142. The minimum Gasteiger partial charge on any atom is -0.337 e. The molecule has 27 heavy (non-hydrogen) atoms. The Hall–Kier alpha value is -2.91. The lowest BCUT2D eigenvalue weighted by atomic mass is 9.84. The van der Waals surface area contributed by atoms with E-state index in [0.29, 0.717) is 24.5 Å². The highest BCUT2D eigenvalue weighted by molar-refractivity contribution is 5.92. The molecule has 1 amide bonds. The molecule has 0 aromatic carbocycles. The molecule has 0 spiro atoms. The molecule has 0 aliphatic carbocycles. The Kier molecular flexibility index (Phi) is 4.33. The molecule has 1 fully saturated rings. The van der Waals surface area contributed by atoms with Crippen LogP contribution in [0.25, 0.3) is 5.78 Å². The SMILES string of the molecule is C[C@@H]1CCN(C(=O)c2ccn(C)n2)C[C@H]1c1cc(C(F)F)nc2ncnn12. The number of hydrogen-bond donors (Lipinski definition) is 0. The number of fused-ring (bicyclic) bond motifs is 1. The number of likely N-dealkylation sites (tertiary alicyclic amines) is 1. The number of halogens is 2. The highest BCUT2D eigenvalue weighted by Crippen LogP contribution is 2.34. The lowest BCUT2D eigenvalue weighted by Gasteiger charge is -2.37. The van der Waals surface area contributed by atoms with Crippen LogP contribution in [0.4, 0.5) is 8.78 Å². The summed E-state index contributed by atoms with van der Waals surface area (Å²) in [6, 6.07) is 3.05. The Morgan fingerprint density at radius 3 is 2.89 bits per heavy atom. The van der Waals surface area contributed by atoms with E-state index in [-0.39, 0.29) is 29.2 Å². The van der Waals surface area contributed by atoms with Crippen molar-refractivity contribution in [1.29, 1.82) is 0 Å². The fraction of sp³-hybridized carbons (Fsp3) is 0.471. The van der Waals surface area contributed by atoms with Crippen LogP contribution in [0.15, 0.2) is 24.7 Å². The molecule has 4 rings (SSSR count). The van der Waals surface area contributed by atoms with Gasteiger partial charge >= 0.3 is 0 Å². The summed E-state index contributed by atoms with van der Waals surface area (Å²) in [5.74, 6) is 0.0165. The summed E-state index contributed by atoms with van der Waals surface area (Å²) in [4.78, 5) is 22.3. The third kappa shape index (κ3) is 3.15. The summed E-state index contributed by atoms with van der Waals surface area (Å²) in [6.07, 6.45) is 1.07. The van der Waals surface area contributed by atoms with Crippen molar-refractivity contribution in [1.82, 2.24) is 34.3 Å². The summed E-state index contributed by atoms with van der Waals surface area (Å²) in [5, 5.41) is 8.31. The van der Waals surface area contributed by atoms with Crippen LogP contribution in [0.1, 0.15) is 47.6 Å². The van der Waals surface area contributed by atoms with Gasteiger partial charge in [-0.1, -0.05) is 6.92 Å². The number of aryl methyl sites for hydroxylation is 1. The second-order valence-corrected chi connectivity index (χ2v) is 6.88. The molecule has 1 saturated heterocycles. The van der Waals surface area contributed by atoms with Gasteiger partial charge in [0.2, 0.25) is 0 Å². The van der Waals surface area contributed by atoms with Crippen molar-refractivity contribution >= 4 is 11.7 Å². The number of aromatic nitrogens is 6. The molecule has 3 aromatic rings. The van der Waals surface area contributed by atoms with E-state index >= 15 is 0 Å². The molecule has 0 bridgehead atoms. The first-order valence-electron chi connectivity index (χ1n) is 8.71. The number of carbonyl (C=O) groups is 1. The Morgan fingerprint density at radius 1 is 1.37 bits per heavy atom. The molecule has 1 aliphatic rings. The van der Waals surface area contributed by atoms with Gasteiger partial charge < -0.3 is 4.90 Å².